The Hall–Kier alpha value is -1.18. The summed E-state index contributed by atoms with van der Waals surface area (Å²) in [4.78, 5) is -0.0341. The van der Waals surface area contributed by atoms with Crippen LogP contribution in [0.2, 0.25) is 0 Å². The number of anilines is 1. The lowest BCUT2D eigenvalue weighted by Crippen LogP contribution is -2.25. The SMILES string of the molecule is COCCCCNS(=O)(=O)c1ccc(F)c(N)c1. The van der Waals surface area contributed by atoms with Gasteiger partial charge in [0, 0.05) is 20.3 Å². The van der Waals surface area contributed by atoms with Gasteiger partial charge in [0.1, 0.15) is 5.82 Å². The molecule has 0 bridgehead atoms. The van der Waals surface area contributed by atoms with Gasteiger partial charge in [-0.15, -0.1) is 0 Å². The van der Waals surface area contributed by atoms with E-state index in [0.29, 0.717) is 19.6 Å². The zero-order valence-electron chi connectivity index (χ0n) is 10.1. The molecule has 0 radical (unpaired) electrons. The first kappa shape index (κ1) is 14.9. The van der Waals surface area contributed by atoms with Gasteiger partial charge in [-0.3, -0.25) is 0 Å². The highest BCUT2D eigenvalue weighted by Crippen LogP contribution is 2.16. The molecule has 0 spiro atoms. The van der Waals surface area contributed by atoms with Crippen molar-refractivity contribution < 1.29 is 17.5 Å². The number of unbranched alkanes of at least 4 members (excludes halogenated alkanes) is 1. The van der Waals surface area contributed by atoms with Crippen molar-refractivity contribution in [3.8, 4) is 0 Å². The summed E-state index contributed by atoms with van der Waals surface area (Å²) < 4.78 is 43.8. The fourth-order valence-corrected chi connectivity index (χ4v) is 2.46. The fraction of sp³-hybridized carbons (Fsp3) is 0.455. The van der Waals surface area contributed by atoms with Gasteiger partial charge in [0.05, 0.1) is 10.6 Å². The first-order chi connectivity index (χ1) is 8.47. The van der Waals surface area contributed by atoms with E-state index in [1.165, 1.54) is 6.07 Å². The zero-order chi connectivity index (χ0) is 13.6. The molecule has 0 unspecified atom stereocenters. The van der Waals surface area contributed by atoms with Gasteiger partial charge < -0.3 is 10.5 Å². The Bertz CT molecular complexity index is 491. The molecule has 0 aromatic heterocycles. The minimum atomic E-state index is -3.62. The number of hydrogen-bond donors (Lipinski definition) is 2. The number of methoxy groups -OCH3 is 1. The van der Waals surface area contributed by atoms with Crippen LogP contribution in [0.5, 0.6) is 0 Å². The van der Waals surface area contributed by atoms with Crippen LogP contribution in [0.15, 0.2) is 23.1 Å². The summed E-state index contributed by atoms with van der Waals surface area (Å²) in [5.74, 6) is -0.631. The van der Waals surface area contributed by atoms with Crippen molar-refractivity contribution in [2.45, 2.75) is 17.7 Å². The molecule has 0 aliphatic carbocycles. The van der Waals surface area contributed by atoms with Crippen LogP contribution in [-0.2, 0) is 14.8 Å². The predicted molar refractivity (Wildman–Crippen MR) is 67.1 cm³/mol. The Balaban J connectivity index is 2.60. The molecular formula is C11H17FN2O3S. The number of hydrogen-bond acceptors (Lipinski definition) is 4. The summed E-state index contributed by atoms with van der Waals surface area (Å²) in [6.07, 6.45) is 1.44. The van der Waals surface area contributed by atoms with Gasteiger partial charge in [0.15, 0.2) is 0 Å². The molecule has 0 aliphatic heterocycles. The van der Waals surface area contributed by atoms with E-state index < -0.39 is 15.8 Å². The number of ether oxygens (including phenoxy) is 1. The second-order valence-corrected chi connectivity index (χ2v) is 5.55. The zero-order valence-corrected chi connectivity index (χ0v) is 11.0. The summed E-state index contributed by atoms with van der Waals surface area (Å²) in [6.45, 7) is 0.897. The minimum Gasteiger partial charge on any atom is -0.396 e. The first-order valence-corrected chi connectivity index (χ1v) is 6.99. The van der Waals surface area contributed by atoms with Crippen LogP contribution in [0.25, 0.3) is 0 Å². The van der Waals surface area contributed by atoms with Crippen molar-refractivity contribution in [2.75, 3.05) is 26.0 Å². The average molecular weight is 276 g/mol. The molecule has 7 heteroatoms. The quantitative estimate of drug-likeness (QED) is 0.577. The van der Waals surface area contributed by atoms with Crippen molar-refractivity contribution in [1.82, 2.24) is 4.72 Å². The molecule has 102 valence electrons. The van der Waals surface area contributed by atoms with Crippen LogP contribution >= 0.6 is 0 Å². The predicted octanol–water partition coefficient (Wildman–Crippen LogP) is 1.11. The van der Waals surface area contributed by atoms with Crippen LogP contribution in [0.1, 0.15) is 12.8 Å². The van der Waals surface area contributed by atoms with Gasteiger partial charge in [0.25, 0.3) is 0 Å². The average Bonchev–Trinajstić information content (AvgIpc) is 2.32. The summed E-state index contributed by atoms with van der Waals surface area (Å²) in [6, 6.07) is 3.32. The second-order valence-electron chi connectivity index (χ2n) is 3.78. The van der Waals surface area contributed by atoms with Crippen LogP contribution in [0, 0.1) is 5.82 Å². The molecule has 18 heavy (non-hydrogen) atoms. The van der Waals surface area contributed by atoms with Crippen molar-refractivity contribution in [1.29, 1.82) is 0 Å². The molecule has 5 nitrogen and oxygen atoms in total. The van der Waals surface area contributed by atoms with Crippen LogP contribution in [0.3, 0.4) is 0 Å². The normalized spacial score (nSPS) is 11.7. The molecule has 0 heterocycles. The van der Waals surface area contributed by atoms with Crippen molar-refractivity contribution >= 4 is 15.7 Å². The summed E-state index contributed by atoms with van der Waals surface area (Å²) >= 11 is 0. The van der Waals surface area contributed by atoms with E-state index in [0.717, 1.165) is 18.6 Å². The van der Waals surface area contributed by atoms with E-state index in [9.17, 15) is 12.8 Å². The topological polar surface area (TPSA) is 81.4 Å². The number of nitrogen functional groups attached to an aromatic ring is 1. The highest BCUT2D eigenvalue weighted by molar-refractivity contribution is 7.89. The van der Waals surface area contributed by atoms with Gasteiger partial charge >= 0.3 is 0 Å². The van der Waals surface area contributed by atoms with Crippen molar-refractivity contribution in [2.24, 2.45) is 0 Å². The lowest BCUT2D eigenvalue weighted by Gasteiger charge is -2.07. The van der Waals surface area contributed by atoms with Gasteiger partial charge in [-0.05, 0) is 31.0 Å². The van der Waals surface area contributed by atoms with Crippen molar-refractivity contribution in [3.63, 3.8) is 0 Å². The van der Waals surface area contributed by atoms with E-state index in [1.807, 2.05) is 0 Å². The number of nitrogens with two attached hydrogens (primary N) is 1. The Morgan fingerprint density at radius 3 is 2.72 bits per heavy atom. The second kappa shape index (κ2) is 6.67. The maximum absolute atomic E-state index is 12.9. The number of benzene rings is 1. The molecule has 3 N–H and O–H groups in total. The highest BCUT2D eigenvalue weighted by Gasteiger charge is 2.14. The monoisotopic (exact) mass is 276 g/mol. The van der Waals surface area contributed by atoms with Gasteiger partial charge in [-0.2, -0.15) is 0 Å². The maximum Gasteiger partial charge on any atom is 0.240 e. The lowest BCUT2D eigenvalue weighted by atomic mass is 10.3. The maximum atomic E-state index is 12.9. The Morgan fingerprint density at radius 1 is 1.39 bits per heavy atom. The summed E-state index contributed by atoms with van der Waals surface area (Å²) in [5, 5.41) is 0. The molecule has 0 amide bonds. The molecule has 0 fully saturated rings. The molecule has 0 saturated carbocycles. The number of nitrogens with one attached hydrogen (secondary N) is 1. The van der Waals surface area contributed by atoms with E-state index in [1.54, 1.807) is 7.11 Å². The van der Waals surface area contributed by atoms with Gasteiger partial charge in [0.2, 0.25) is 10.0 Å². The third-order valence-corrected chi connectivity index (χ3v) is 3.80. The van der Waals surface area contributed by atoms with Crippen LogP contribution < -0.4 is 10.5 Å². The van der Waals surface area contributed by atoms with Crippen LogP contribution in [-0.4, -0.2) is 28.7 Å². The van der Waals surface area contributed by atoms with Crippen LogP contribution in [0.4, 0.5) is 10.1 Å². The lowest BCUT2D eigenvalue weighted by molar-refractivity contribution is 0.193. The Labute approximate surface area is 106 Å². The molecule has 0 aliphatic rings. The fourth-order valence-electron chi connectivity index (χ4n) is 1.35. The van der Waals surface area contributed by atoms with E-state index in [-0.39, 0.29) is 10.6 Å². The number of halogens is 1. The minimum absolute atomic E-state index is 0.0341. The number of sulfonamides is 1. The van der Waals surface area contributed by atoms with E-state index in [2.05, 4.69) is 4.72 Å². The van der Waals surface area contributed by atoms with E-state index in [4.69, 9.17) is 10.5 Å². The molecule has 0 atom stereocenters. The first-order valence-electron chi connectivity index (χ1n) is 5.51. The molecule has 1 aromatic rings. The Kier molecular flexibility index (Phi) is 5.52. The Morgan fingerprint density at radius 2 is 2.11 bits per heavy atom. The molecule has 1 aromatic carbocycles. The summed E-state index contributed by atoms with van der Waals surface area (Å²) in [5.41, 5.74) is 5.14. The highest BCUT2D eigenvalue weighted by atomic mass is 32.2. The summed E-state index contributed by atoms with van der Waals surface area (Å²) in [7, 11) is -2.04. The van der Waals surface area contributed by atoms with Gasteiger partial charge in [-0.25, -0.2) is 17.5 Å². The third kappa shape index (κ3) is 4.25. The largest absolute Gasteiger partial charge is 0.396 e. The van der Waals surface area contributed by atoms with Gasteiger partial charge in [-0.1, -0.05) is 0 Å². The third-order valence-electron chi connectivity index (χ3n) is 2.35. The smallest absolute Gasteiger partial charge is 0.240 e. The molecule has 0 saturated heterocycles. The number of rotatable bonds is 7. The van der Waals surface area contributed by atoms with Crippen molar-refractivity contribution in [3.05, 3.63) is 24.0 Å². The van der Waals surface area contributed by atoms with E-state index >= 15 is 0 Å². The molecule has 1 rings (SSSR count). The molecular weight excluding hydrogens is 259 g/mol. The standard InChI is InChI=1S/C11H17FN2O3S/c1-17-7-3-2-6-14-18(15,16)9-4-5-10(12)11(13)8-9/h4-5,8,14H,2-3,6-7,13H2,1H3.